The molecule has 2 aromatic heterocycles. The number of methoxy groups -OCH3 is 1. The number of anilines is 2. The van der Waals surface area contributed by atoms with Gasteiger partial charge in [-0.15, -0.1) is 0 Å². The van der Waals surface area contributed by atoms with E-state index in [2.05, 4.69) is 25.7 Å². The second-order valence-corrected chi connectivity index (χ2v) is 7.92. The fraction of sp³-hybridized carbons (Fsp3) is 0.136. The number of carbonyl (C=O) groups is 2. The van der Waals surface area contributed by atoms with Crippen molar-refractivity contribution in [2.24, 2.45) is 0 Å². The lowest BCUT2D eigenvalue weighted by Crippen LogP contribution is -2.15. The molecule has 2 amide bonds. The molecule has 4 aromatic rings. The summed E-state index contributed by atoms with van der Waals surface area (Å²) in [7, 11) is 1.58. The van der Waals surface area contributed by atoms with Gasteiger partial charge < -0.3 is 20.4 Å². The largest absolute Gasteiger partial charge is 0.497 e. The zero-order valence-corrected chi connectivity index (χ0v) is 18.6. The van der Waals surface area contributed by atoms with Crippen molar-refractivity contribution in [2.45, 2.75) is 12.1 Å². The van der Waals surface area contributed by atoms with E-state index in [0.29, 0.717) is 33.3 Å². The van der Waals surface area contributed by atoms with Gasteiger partial charge in [-0.25, -0.2) is 9.67 Å². The maximum Gasteiger partial charge on any atom is 0.262 e. The Morgan fingerprint density at radius 1 is 1.06 bits per heavy atom. The summed E-state index contributed by atoms with van der Waals surface area (Å²) in [6.45, 7) is 1.42. The van der Waals surface area contributed by atoms with Crippen LogP contribution in [0.5, 0.6) is 5.75 Å². The number of thioether (sulfide) groups is 1. The number of nitrogens with zero attached hydrogens (tertiary/aromatic N) is 3. The van der Waals surface area contributed by atoms with Crippen molar-refractivity contribution in [1.29, 1.82) is 0 Å². The normalized spacial score (nSPS) is 10.7. The number of H-pyrrole nitrogens is 1. The number of benzene rings is 2. The lowest BCUT2D eigenvalue weighted by molar-refractivity contribution is -0.114. The maximum absolute atomic E-state index is 12.5. The van der Waals surface area contributed by atoms with Gasteiger partial charge >= 0.3 is 0 Å². The smallest absolute Gasteiger partial charge is 0.262 e. The summed E-state index contributed by atoms with van der Waals surface area (Å²) in [5.41, 5.74) is 2.00. The fourth-order valence-corrected chi connectivity index (χ4v) is 3.71. The highest BCUT2D eigenvalue weighted by Gasteiger charge is 2.13. The first-order valence-corrected chi connectivity index (χ1v) is 10.8. The van der Waals surface area contributed by atoms with Crippen LogP contribution in [0.25, 0.3) is 16.7 Å². The van der Waals surface area contributed by atoms with Crippen LogP contribution in [0.15, 0.2) is 64.7 Å². The molecule has 2 heterocycles. The zero-order chi connectivity index (χ0) is 23.4. The molecule has 0 aliphatic carbocycles. The first-order chi connectivity index (χ1) is 15.9. The lowest BCUT2D eigenvalue weighted by Gasteiger charge is -2.07. The molecule has 0 saturated heterocycles. The molecule has 33 heavy (non-hydrogen) atoms. The average molecular weight is 465 g/mol. The summed E-state index contributed by atoms with van der Waals surface area (Å²) < 4.78 is 6.73. The Balaban J connectivity index is 1.46. The Hall–Kier alpha value is -4.12. The van der Waals surface area contributed by atoms with Crippen LogP contribution in [0.1, 0.15) is 6.92 Å². The molecule has 0 saturated carbocycles. The third-order valence-corrected chi connectivity index (χ3v) is 5.44. The van der Waals surface area contributed by atoms with Crippen LogP contribution in [0.4, 0.5) is 11.4 Å². The van der Waals surface area contributed by atoms with E-state index in [1.54, 1.807) is 48.2 Å². The van der Waals surface area contributed by atoms with Gasteiger partial charge in [0.2, 0.25) is 11.8 Å². The Kier molecular flexibility index (Phi) is 6.41. The molecule has 4 rings (SSSR count). The number of amides is 2. The van der Waals surface area contributed by atoms with Crippen molar-refractivity contribution >= 4 is 46.0 Å². The van der Waals surface area contributed by atoms with Crippen molar-refractivity contribution in [2.75, 3.05) is 23.5 Å². The monoisotopic (exact) mass is 464 g/mol. The molecular formula is C22H20N6O4S. The summed E-state index contributed by atoms with van der Waals surface area (Å²) >= 11 is 1.10. The van der Waals surface area contributed by atoms with Crippen LogP contribution in [-0.4, -0.2) is 44.4 Å². The fourth-order valence-electron chi connectivity index (χ4n) is 3.05. The predicted octanol–water partition coefficient (Wildman–Crippen LogP) is 2.81. The van der Waals surface area contributed by atoms with E-state index in [1.165, 1.54) is 13.1 Å². The van der Waals surface area contributed by atoms with E-state index < -0.39 is 0 Å². The Labute approximate surface area is 192 Å². The molecular weight excluding hydrogens is 444 g/mol. The van der Waals surface area contributed by atoms with Gasteiger partial charge in [-0.3, -0.25) is 14.4 Å². The molecule has 0 spiro atoms. The van der Waals surface area contributed by atoms with Gasteiger partial charge in [0.15, 0.2) is 10.8 Å². The number of aromatic amines is 1. The van der Waals surface area contributed by atoms with Crippen LogP contribution in [-0.2, 0) is 9.59 Å². The number of hydrogen-bond acceptors (Lipinski definition) is 7. The molecule has 11 heteroatoms. The van der Waals surface area contributed by atoms with Crippen molar-refractivity contribution in [3.8, 4) is 11.4 Å². The van der Waals surface area contributed by atoms with Gasteiger partial charge in [0.1, 0.15) is 11.1 Å². The highest BCUT2D eigenvalue weighted by Crippen LogP contribution is 2.20. The summed E-state index contributed by atoms with van der Waals surface area (Å²) in [5, 5.41) is 10.4. The first kappa shape index (κ1) is 22.1. The summed E-state index contributed by atoms with van der Waals surface area (Å²) in [6.07, 6.45) is 1.46. The molecule has 0 aliphatic heterocycles. The van der Waals surface area contributed by atoms with Crippen LogP contribution in [0, 0.1) is 0 Å². The highest BCUT2D eigenvalue weighted by molar-refractivity contribution is 7.99. The summed E-state index contributed by atoms with van der Waals surface area (Å²) in [5.74, 6) is 0.306. The number of aromatic nitrogens is 4. The number of hydrogen-bond donors (Lipinski definition) is 3. The molecule has 0 atom stereocenters. The van der Waals surface area contributed by atoms with E-state index in [4.69, 9.17) is 4.74 Å². The Bertz CT molecular complexity index is 1360. The van der Waals surface area contributed by atoms with Crippen molar-refractivity contribution in [3.63, 3.8) is 0 Å². The molecule has 0 bridgehead atoms. The third kappa shape index (κ3) is 5.21. The molecule has 0 fully saturated rings. The molecule has 168 valence electrons. The average Bonchev–Trinajstić information content (AvgIpc) is 3.23. The van der Waals surface area contributed by atoms with E-state index in [0.717, 1.165) is 17.4 Å². The van der Waals surface area contributed by atoms with Crippen LogP contribution < -0.4 is 20.9 Å². The standard InChI is InChI=1S/C22H20N6O4S/c1-13(29)24-14-3-5-15(6-4-14)25-19(30)12-33-22-26-20-18(21(31)27-22)11-23-28(20)16-7-9-17(32-2)10-8-16/h3-11H,12H2,1-2H3,(H,24,29)(H,25,30)(H,26,27,31). The van der Waals surface area contributed by atoms with Gasteiger partial charge in [-0.05, 0) is 48.5 Å². The van der Waals surface area contributed by atoms with Crippen molar-refractivity contribution < 1.29 is 14.3 Å². The van der Waals surface area contributed by atoms with Crippen LogP contribution >= 0.6 is 11.8 Å². The number of ether oxygens (including phenoxy) is 1. The van der Waals surface area contributed by atoms with Crippen molar-refractivity contribution in [1.82, 2.24) is 19.7 Å². The van der Waals surface area contributed by atoms with Crippen molar-refractivity contribution in [3.05, 3.63) is 65.1 Å². The van der Waals surface area contributed by atoms with Gasteiger partial charge in [0.25, 0.3) is 5.56 Å². The number of nitrogens with one attached hydrogen (secondary N) is 3. The topological polar surface area (TPSA) is 131 Å². The maximum atomic E-state index is 12.5. The van der Waals surface area contributed by atoms with E-state index in [9.17, 15) is 14.4 Å². The number of carbonyl (C=O) groups excluding carboxylic acids is 2. The van der Waals surface area contributed by atoms with E-state index >= 15 is 0 Å². The van der Waals surface area contributed by atoms with E-state index in [1.807, 2.05) is 12.1 Å². The van der Waals surface area contributed by atoms with Gasteiger partial charge in [-0.1, -0.05) is 11.8 Å². The minimum absolute atomic E-state index is 0.0402. The molecule has 10 nitrogen and oxygen atoms in total. The zero-order valence-electron chi connectivity index (χ0n) is 17.8. The highest BCUT2D eigenvalue weighted by atomic mass is 32.2. The SMILES string of the molecule is COc1ccc(-n2ncc3c(=O)[nH]c(SCC(=O)Nc4ccc(NC(C)=O)cc4)nc32)cc1. The van der Waals surface area contributed by atoms with Gasteiger partial charge in [0.05, 0.1) is 24.7 Å². The van der Waals surface area contributed by atoms with Gasteiger partial charge in [-0.2, -0.15) is 5.10 Å². The molecule has 0 unspecified atom stereocenters. The minimum Gasteiger partial charge on any atom is -0.497 e. The molecule has 0 radical (unpaired) electrons. The van der Waals surface area contributed by atoms with Gasteiger partial charge in [0, 0.05) is 18.3 Å². The second kappa shape index (κ2) is 9.57. The van der Waals surface area contributed by atoms with E-state index in [-0.39, 0.29) is 23.1 Å². The minimum atomic E-state index is -0.337. The molecule has 0 aliphatic rings. The molecule has 2 aromatic carbocycles. The molecule has 3 N–H and O–H groups in total. The Morgan fingerprint density at radius 3 is 2.36 bits per heavy atom. The van der Waals surface area contributed by atoms with Crippen LogP contribution in [0.3, 0.4) is 0 Å². The third-order valence-electron chi connectivity index (χ3n) is 4.56. The summed E-state index contributed by atoms with van der Waals surface area (Å²) in [6, 6.07) is 14.0. The number of fused-ring (bicyclic) bond motifs is 1. The first-order valence-electron chi connectivity index (χ1n) is 9.86. The lowest BCUT2D eigenvalue weighted by atomic mass is 10.3. The Morgan fingerprint density at radius 2 is 1.73 bits per heavy atom. The predicted molar refractivity (Wildman–Crippen MR) is 126 cm³/mol. The second-order valence-electron chi connectivity index (χ2n) is 6.96. The number of rotatable bonds is 7. The van der Waals surface area contributed by atoms with Crippen LogP contribution in [0.2, 0.25) is 0 Å². The summed E-state index contributed by atoms with van der Waals surface area (Å²) in [4.78, 5) is 43.1. The quantitative estimate of drug-likeness (QED) is 0.283.